The van der Waals surface area contributed by atoms with Crippen LogP contribution in [-0.2, 0) is 20.7 Å². The van der Waals surface area contributed by atoms with E-state index in [0.29, 0.717) is 13.2 Å². The topological polar surface area (TPSA) is 48.4 Å². The first-order valence-corrected chi connectivity index (χ1v) is 5.29. The van der Waals surface area contributed by atoms with E-state index in [1.165, 1.54) is 7.11 Å². The maximum Gasteiger partial charge on any atom is 0.310 e. The van der Waals surface area contributed by atoms with Gasteiger partial charge in [0.1, 0.15) is 0 Å². The molecule has 0 aliphatic carbocycles. The lowest BCUT2D eigenvalue weighted by molar-refractivity contribution is -0.146. The molecule has 1 aromatic heterocycles. The van der Waals surface area contributed by atoms with Crippen LogP contribution < -0.4 is 0 Å². The molecule has 0 aliphatic heterocycles. The molecule has 0 radical (unpaired) electrons. The van der Waals surface area contributed by atoms with Crippen LogP contribution in [0.4, 0.5) is 0 Å². The molecule has 16 heavy (non-hydrogen) atoms. The highest BCUT2D eigenvalue weighted by atomic mass is 16.5. The third kappa shape index (κ3) is 4.40. The maximum absolute atomic E-state index is 11.1. The minimum atomic E-state index is -0.238. The number of methoxy groups -OCH3 is 1. The van der Waals surface area contributed by atoms with Gasteiger partial charge < -0.3 is 9.47 Å². The van der Waals surface area contributed by atoms with Crippen molar-refractivity contribution in [3.05, 3.63) is 30.1 Å². The van der Waals surface area contributed by atoms with Gasteiger partial charge in [-0.1, -0.05) is 6.07 Å². The zero-order chi connectivity index (χ0) is 11.8. The smallest absolute Gasteiger partial charge is 0.310 e. The van der Waals surface area contributed by atoms with Gasteiger partial charge in [0.25, 0.3) is 0 Å². The number of hydrogen-bond donors (Lipinski definition) is 0. The third-order valence-electron chi connectivity index (χ3n) is 2.20. The van der Waals surface area contributed by atoms with E-state index in [1.807, 2.05) is 18.2 Å². The largest absolute Gasteiger partial charge is 0.469 e. The van der Waals surface area contributed by atoms with Crippen molar-refractivity contribution in [3.63, 3.8) is 0 Å². The van der Waals surface area contributed by atoms with Crippen LogP contribution in [0, 0.1) is 5.92 Å². The fourth-order valence-corrected chi connectivity index (χ4v) is 1.25. The zero-order valence-electron chi connectivity index (χ0n) is 9.68. The summed E-state index contributed by atoms with van der Waals surface area (Å²) in [5.74, 6) is -0.452. The van der Waals surface area contributed by atoms with E-state index < -0.39 is 0 Å². The molecule has 0 saturated carbocycles. The summed E-state index contributed by atoms with van der Waals surface area (Å²) < 4.78 is 9.98. The van der Waals surface area contributed by atoms with E-state index >= 15 is 0 Å². The van der Waals surface area contributed by atoms with E-state index in [1.54, 1.807) is 13.1 Å². The molecule has 0 saturated heterocycles. The summed E-state index contributed by atoms with van der Waals surface area (Å²) >= 11 is 0. The Morgan fingerprint density at radius 2 is 2.31 bits per heavy atom. The Morgan fingerprint density at radius 3 is 2.94 bits per heavy atom. The fraction of sp³-hybridized carbons (Fsp3) is 0.500. The normalized spacial score (nSPS) is 12.1. The number of hydrogen-bond acceptors (Lipinski definition) is 4. The predicted molar refractivity (Wildman–Crippen MR) is 59.9 cm³/mol. The molecule has 0 amide bonds. The molecule has 0 spiro atoms. The quantitative estimate of drug-likeness (QED) is 0.541. The number of pyridine rings is 1. The van der Waals surface area contributed by atoms with Gasteiger partial charge in [-0.05, 0) is 19.1 Å². The van der Waals surface area contributed by atoms with Crippen LogP contribution in [-0.4, -0.2) is 31.3 Å². The number of nitrogens with zero attached hydrogens (tertiary/aromatic N) is 1. The molecule has 0 fully saturated rings. The minimum Gasteiger partial charge on any atom is -0.469 e. The first kappa shape index (κ1) is 12.6. The van der Waals surface area contributed by atoms with Gasteiger partial charge in [0.15, 0.2) is 0 Å². The first-order valence-electron chi connectivity index (χ1n) is 5.29. The lowest BCUT2D eigenvalue weighted by Gasteiger charge is -2.09. The highest BCUT2D eigenvalue weighted by molar-refractivity contribution is 5.71. The van der Waals surface area contributed by atoms with Gasteiger partial charge in [0, 0.05) is 18.3 Å². The second-order valence-electron chi connectivity index (χ2n) is 3.57. The van der Waals surface area contributed by atoms with Crippen LogP contribution in [0.25, 0.3) is 0 Å². The molecule has 1 unspecified atom stereocenters. The number of carbonyl (C=O) groups excluding carboxylic acids is 1. The lowest BCUT2D eigenvalue weighted by atomic mass is 10.2. The second-order valence-corrected chi connectivity index (χ2v) is 3.57. The van der Waals surface area contributed by atoms with Gasteiger partial charge in [-0.15, -0.1) is 0 Å². The van der Waals surface area contributed by atoms with Crippen molar-refractivity contribution < 1.29 is 14.3 Å². The number of rotatable bonds is 6. The molecule has 1 rings (SSSR count). The van der Waals surface area contributed by atoms with Crippen molar-refractivity contribution in [3.8, 4) is 0 Å². The average Bonchev–Trinajstić information content (AvgIpc) is 2.34. The van der Waals surface area contributed by atoms with E-state index in [-0.39, 0.29) is 11.9 Å². The monoisotopic (exact) mass is 223 g/mol. The summed E-state index contributed by atoms with van der Waals surface area (Å²) in [6.45, 7) is 2.74. The van der Waals surface area contributed by atoms with Crippen molar-refractivity contribution in [1.82, 2.24) is 4.98 Å². The fourth-order valence-electron chi connectivity index (χ4n) is 1.25. The third-order valence-corrected chi connectivity index (χ3v) is 2.20. The summed E-state index contributed by atoms with van der Waals surface area (Å²) in [7, 11) is 1.38. The van der Waals surface area contributed by atoms with Crippen molar-refractivity contribution in [1.29, 1.82) is 0 Å². The van der Waals surface area contributed by atoms with Gasteiger partial charge in [0.05, 0.1) is 26.2 Å². The van der Waals surface area contributed by atoms with Gasteiger partial charge in [0.2, 0.25) is 0 Å². The Kier molecular flexibility index (Phi) is 5.50. The van der Waals surface area contributed by atoms with Crippen LogP contribution in [0.15, 0.2) is 24.4 Å². The molecule has 0 N–H and O–H groups in total. The zero-order valence-corrected chi connectivity index (χ0v) is 9.68. The predicted octanol–water partition coefficient (Wildman–Crippen LogP) is 1.45. The van der Waals surface area contributed by atoms with Crippen molar-refractivity contribution in [2.24, 2.45) is 5.92 Å². The highest BCUT2D eigenvalue weighted by Gasteiger charge is 2.12. The molecular formula is C12H17NO3. The number of carbonyl (C=O) groups is 1. The van der Waals surface area contributed by atoms with Crippen LogP contribution >= 0.6 is 0 Å². The van der Waals surface area contributed by atoms with E-state index in [9.17, 15) is 4.79 Å². The summed E-state index contributed by atoms with van der Waals surface area (Å²) in [5.41, 5.74) is 0.994. The molecule has 0 aromatic carbocycles. The Labute approximate surface area is 95.6 Å². The molecule has 1 atom stereocenters. The number of esters is 1. The Hall–Kier alpha value is -1.42. The molecular weight excluding hydrogens is 206 g/mol. The Bertz CT molecular complexity index is 313. The van der Waals surface area contributed by atoms with Gasteiger partial charge in [-0.2, -0.15) is 0 Å². The summed E-state index contributed by atoms with van der Waals surface area (Å²) in [5, 5.41) is 0. The summed E-state index contributed by atoms with van der Waals surface area (Å²) in [6.07, 6.45) is 2.52. The molecule has 4 heteroatoms. The summed E-state index contributed by atoms with van der Waals surface area (Å²) in [4.78, 5) is 15.2. The standard InChI is InChI=1S/C12H17NO3/c1-10(12(14)15-2)9-16-8-6-11-5-3-4-7-13-11/h3-5,7,10H,6,8-9H2,1-2H3. The highest BCUT2D eigenvalue weighted by Crippen LogP contribution is 2.00. The lowest BCUT2D eigenvalue weighted by Crippen LogP contribution is -2.19. The van der Waals surface area contributed by atoms with E-state index in [4.69, 9.17) is 4.74 Å². The van der Waals surface area contributed by atoms with Crippen molar-refractivity contribution >= 4 is 5.97 Å². The number of aromatic nitrogens is 1. The molecule has 0 bridgehead atoms. The molecule has 1 aromatic rings. The van der Waals surface area contributed by atoms with E-state index in [2.05, 4.69) is 9.72 Å². The first-order chi connectivity index (χ1) is 7.74. The van der Waals surface area contributed by atoms with Gasteiger partial charge in [-0.25, -0.2) is 0 Å². The van der Waals surface area contributed by atoms with Crippen molar-refractivity contribution in [2.45, 2.75) is 13.3 Å². The molecule has 0 aliphatic rings. The maximum atomic E-state index is 11.1. The van der Waals surface area contributed by atoms with Crippen LogP contribution in [0.3, 0.4) is 0 Å². The van der Waals surface area contributed by atoms with Crippen LogP contribution in [0.1, 0.15) is 12.6 Å². The number of ether oxygens (including phenoxy) is 2. The minimum absolute atomic E-state index is 0.214. The summed E-state index contributed by atoms with van der Waals surface area (Å²) in [6, 6.07) is 5.77. The van der Waals surface area contributed by atoms with Gasteiger partial charge in [-0.3, -0.25) is 9.78 Å². The van der Waals surface area contributed by atoms with Gasteiger partial charge >= 0.3 is 5.97 Å². The van der Waals surface area contributed by atoms with E-state index in [0.717, 1.165) is 12.1 Å². The Morgan fingerprint density at radius 1 is 1.50 bits per heavy atom. The average molecular weight is 223 g/mol. The second kappa shape index (κ2) is 6.95. The Balaban J connectivity index is 2.15. The SMILES string of the molecule is COC(=O)C(C)COCCc1ccccn1. The molecule has 1 heterocycles. The molecule has 4 nitrogen and oxygen atoms in total. The van der Waals surface area contributed by atoms with Crippen molar-refractivity contribution in [2.75, 3.05) is 20.3 Å². The van der Waals surface area contributed by atoms with Crippen LogP contribution in [0.5, 0.6) is 0 Å². The molecule has 88 valence electrons. The van der Waals surface area contributed by atoms with Crippen LogP contribution in [0.2, 0.25) is 0 Å².